The predicted octanol–water partition coefficient (Wildman–Crippen LogP) is 3.84. The van der Waals surface area contributed by atoms with Crippen LogP contribution in [0.15, 0.2) is 46.9 Å². The molecule has 4 nitrogen and oxygen atoms in total. The van der Waals surface area contributed by atoms with Crippen LogP contribution in [0.2, 0.25) is 0 Å². The lowest BCUT2D eigenvalue weighted by Gasteiger charge is -2.22. The molecule has 0 fully saturated rings. The van der Waals surface area contributed by atoms with Gasteiger partial charge in [-0.3, -0.25) is 9.59 Å². The van der Waals surface area contributed by atoms with Crippen LogP contribution in [-0.4, -0.2) is 23.3 Å². The minimum Gasteiger partial charge on any atom is -0.375 e. The van der Waals surface area contributed by atoms with E-state index in [0.717, 1.165) is 16.5 Å². The summed E-state index contributed by atoms with van der Waals surface area (Å²) in [5, 5.41) is 11.1. The lowest BCUT2D eigenvalue weighted by molar-refractivity contribution is -0.135. The molecule has 1 aliphatic heterocycles. The first-order chi connectivity index (χ1) is 11.9. The van der Waals surface area contributed by atoms with Crippen LogP contribution in [0.1, 0.15) is 41.8 Å². The molecular formula is C20H20BrNO3. The van der Waals surface area contributed by atoms with E-state index in [1.165, 1.54) is 4.90 Å². The van der Waals surface area contributed by atoms with Gasteiger partial charge in [0, 0.05) is 22.1 Å². The van der Waals surface area contributed by atoms with E-state index >= 15 is 0 Å². The number of ketones is 1. The number of rotatable bonds is 5. The number of likely N-dealkylation sites (N-methyl/N-ethyl adjacent to an activating group) is 1. The molecule has 1 N–H and O–H groups in total. The highest BCUT2D eigenvalue weighted by molar-refractivity contribution is 9.10. The van der Waals surface area contributed by atoms with Gasteiger partial charge in [-0.15, -0.1) is 0 Å². The maximum absolute atomic E-state index is 12.8. The highest BCUT2D eigenvalue weighted by atomic mass is 79.9. The molecular weight excluding hydrogens is 382 g/mol. The summed E-state index contributed by atoms with van der Waals surface area (Å²) in [6.45, 7) is 4.33. The van der Waals surface area contributed by atoms with Gasteiger partial charge in [0.2, 0.25) is 0 Å². The van der Waals surface area contributed by atoms with Crippen LogP contribution in [0.5, 0.6) is 0 Å². The van der Waals surface area contributed by atoms with E-state index in [2.05, 4.69) is 15.9 Å². The number of nitrogens with zero attached hydrogens (tertiary/aromatic N) is 1. The zero-order valence-corrected chi connectivity index (χ0v) is 15.8. The number of carbonyl (C=O) groups excluding carboxylic acids is 2. The maximum Gasteiger partial charge on any atom is 0.264 e. The van der Waals surface area contributed by atoms with Crippen molar-refractivity contribution in [3.63, 3.8) is 0 Å². The average molecular weight is 402 g/mol. The normalized spacial score (nSPS) is 19.2. The van der Waals surface area contributed by atoms with Gasteiger partial charge in [0.25, 0.3) is 5.91 Å². The van der Waals surface area contributed by atoms with Gasteiger partial charge in [-0.1, -0.05) is 47.1 Å². The second-order valence-corrected chi connectivity index (χ2v) is 7.14. The van der Waals surface area contributed by atoms with Crippen molar-refractivity contribution in [2.24, 2.45) is 0 Å². The molecule has 2 aromatic carbocycles. The van der Waals surface area contributed by atoms with Crippen LogP contribution < -0.4 is 4.90 Å². The van der Waals surface area contributed by atoms with Gasteiger partial charge in [-0.2, -0.15) is 0 Å². The quantitative estimate of drug-likeness (QED) is 0.774. The Morgan fingerprint density at radius 2 is 1.84 bits per heavy atom. The summed E-state index contributed by atoms with van der Waals surface area (Å²) in [5.74, 6) is -0.691. The minimum atomic E-state index is -1.82. The maximum atomic E-state index is 12.8. The Morgan fingerprint density at radius 1 is 1.16 bits per heavy atom. The fraction of sp³-hybridized carbons (Fsp3) is 0.300. The average Bonchev–Trinajstić information content (AvgIpc) is 2.82. The smallest absolute Gasteiger partial charge is 0.264 e. The molecule has 0 spiro atoms. The van der Waals surface area contributed by atoms with Gasteiger partial charge < -0.3 is 10.0 Å². The van der Waals surface area contributed by atoms with Gasteiger partial charge in [-0.25, -0.2) is 0 Å². The summed E-state index contributed by atoms with van der Waals surface area (Å²) < 4.78 is 0.759. The van der Waals surface area contributed by atoms with E-state index < -0.39 is 11.5 Å². The molecule has 0 saturated heterocycles. The number of hydrogen-bond acceptors (Lipinski definition) is 3. The summed E-state index contributed by atoms with van der Waals surface area (Å²) >= 11 is 3.38. The molecule has 1 unspecified atom stereocenters. The molecule has 1 atom stereocenters. The highest BCUT2D eigenvalue weighted by Gasteiger charge is 2.50. The van der Waals surface area contributed by atoms with Crippen LogP contribution in [0.3, 0.4) is 0 Å². The number of hydrogen-bond donors (Lipinski definition) is 1. The van der Waals surface area contributed by atoms with Crippen molar-refractivity contribution in [3.8, 4) is 0 Å². The number of aliphatic hydroxyl groups is 1. The standard InChI is InChI=1S/C20H20BrNO3/c1-3-13-5-7-14(8-6-13)18(23)12-20(25)16-11-15(21)9-10-17(16)22(4-2)19(20)24/h5-11,25H,3-4,12H2,1-2H3. The summed E-state index contributed by atoms with van der Waals surface area (Å²) in [5.41, 5.74) is 0.957. The molecule has 1 amide bonds. The van der Waals surface area contributed by atoms with Crippen LogP contribution in [-0.2, 0) is 16.8 Å². The third-order valence-electron chi connectivity index (χ3n) is 4.71. The van der Waals surface area contributed by atoms with Gasteiger partial charge in [-0.05, 0) is 37.1 Å². The SMILES string of the molecule is CCc1ccc(C(=O)CC2(O)C(=O)N(CC)c3ccc(Br)cc32)cc1. The molecule has 130 valence electrons. The van der Waals surface area contributed by atoms with Crippen LogP contribution >= 0.6 is 15.9 Å². The molecule has 3 rings (SSSR count). The summed E-state index contributed by atoms with van der Waals surface area (Å²) in [6.07, 6.45) is 0.626. The first kappa shape index (κ1) is 17.8. The van der Waals surface area contributed by atoms with E-state index in [-0.39, 0.29) is 12.2 Å². The first-order valence-electron chi connectivity index (χ1n) is 8.37. The summed E-state index contributed by atoms with van der Waals surface area (Å²) in [7, 11) is 0. The Labute approximate surface area is 155 Å². The van der Waals surface area contributed by atoms with E-state index in [9.17, 15) is 14.7 Å². The van der Waals surface area contributed by atoms with Gasteiger partial charge in [0.15, 0.2) is 11.4 Å². The largest absolute Gasteiger partial charge is 0.375 e. The summed E-state index contributed by atoms with van der Waals surface area (Å²) in [4.78, 5) is 27.0. The Balaban J connectivity index is 1.96. The second kappa shape index (κ2) is 6.73. The van der Waals surface area contributed by atoms with Crippen molar-refractivity contribution in [3.05, 3.63) is 63.6 Å². The number of fused-ring (bicyclic) bond motifs is 1. The molecule has 0 aromatic heterocycles. The van der Waals surface area contributed by atoms with Gasteiger partial charge in [0.1, 0.15) is 0 Å². The highest BCUT2D eigenvalue weighted by Crippen LogP contribution is 2.43. The number of carbonyl (C=O) groups is 2. The van der Waals surface area contributed by atoms with Crippen molar-refractivity contribution in [1.82, 2.24) is 0 Å². The van der Waals surface area contributed by atoms with Crippen molar-refractivity contribution >= 4 is 33.3 Å². The molecule has 25 heavy (non-hydrogen) atoms. The zero-order chi connectivity index (χ0) is 18.2. The Kier molecular flexibility index (Phi) is 4.80. The van der Waals surface area contributed by atoms with Crippen molar-refractivity contribution in [2.75, 3.05) is 11.4 Å². The number of Topliss-reactive ketones (excluding diaryl/α,β-unsaturated/α-hetero) is 1. The van der Waals surface area contributed by atoms with E-state index in [1.807, 2.05) is 32.0 Å². The predicted molar refractivity (Wildman–Crippen MR) is 101 cm³/mol. The Bertz CT molecular complexity index is 831. The molecule has 0 aliphatic carbocycles. The molecule has 1 heterocycles. The number of aryl methyl sites for hydroxylation is 1. The number of benzene rings is 2. The lowest BCUT2D eigenvalue weighted by Crippen LogP contribution is -2.41. The Morgan fingerprint density at radius 3 is 2.44 bits per heavy atom. The molecule has 0 radical (unpaired) electrons. The van der Waals surface area contributed by atoms with E-state index in [0.29, 0.717) is 23.4 Å². The molecule has 0 bridgehead atoms. The van der Waals surface area contributed by atoms with Gasteiger partial charge >= 0.3 is 0 Å². The lowest BCUT2D eigenvalue weighted by atomic mass is 9.88. The third kappa shape index (κ3) is 3.02. The number of amides is 1. The topological polar surface area (TPSA) is 57.6 Å². The fourth-order valence-corrected chi connectivity index (χ4v) is 3.63. The minimum absolute atomic E-state index is 0.248. The molecule has 1 aliphatic rings. The molecule has 0 saturated carbocycles. The second-order valence-electron chi connectivity index (χ2n) is 6.22. The van der Waals surface area contributed by atoms with E-state index in [4.69, 9.17) is 0 Å². The van der Waals surface area contributed by atoms with Crippen molar-refractivity contribution < 1.29 is 14.7 Å². The van der Waals surface area contributed by atoms with Crippen molar-refractivity contribution in [1.29, 1.82) is 0 Å². The van der Waals surface area contributed by atoms with E-state index in [1.54, 1.807) is 24.3 Å². The molecule has 2 aromatic rings. The van der Waals surface area contributed by atoms with Gasteiger partial charge in [0.05, 0.1) is 12.1 Å². The molecule has 5 heteroatoms. The number of anilines is 1. The zero-order valence-electron chi connectivity index (χ0n) is 14.3. The van der Waals surface area contributed by atoms with Crippen LogP contribution in [0.25, 0.3) is 0 Å². The monoisotopic (exact) mass is 401 g/mol. The summed E-state index contributed by atoms with van der Waals surface area (Å²) in [6, 6.07) is 12.6. The number of halogens is 1. The van der Waals surface area contributed by atoms with Crippen LogP contribution in [0, 0.1) is 0 Å². The first-order valence-corrected chi connectivity index (χ1v) is 9.16. The fourth-order valence-electron chi connectivity index (χ4n) is 3.27. The third-order valence-corrected chi connectivity index (χ3v) is 5.20. The van der Waals surface area contributed by atoms with Crippen LogP contribution in [0.4, 0.5) is 5.69 Å². The Hall–Kier alpha value is -1.98. The van der Waals surface area contributed by atoms with Crippen molar-refractivity contribution in [2.45, 2.75) is 32.3 Å².